The van der Waals surface area contributed by atoms with Gasteiger partial charge in [-0.05, 0) is 56.7 Å². The zero-order valence-electron chi connectivity index (χ0n) is 12.6. The molecule has 1 atom stereocenters. The molecule has 20 heavy (non-hydrogen) atoms. The van der Waals surface area contributed by atoms with E-state index in [0.29, 0.717) is 6.04 Å². The summed E-state index contributed by atoms with van der Waals surface area (Å²) in [7, 11) is 0. The molecule has 1 aliphatic rings. The van der Waals surface area contributed by atoms with Crippen molar-refractivity contribution in [3.63, 3.8) is 0 Å². The van der Waals surface area contributed by atoms with Crippen LogP contribution in [0.25, 0.3) is 0 Å². The number of aliphatic hydroxyl groups is 1. The van der Waals surface area contributed by atoms with Gasteiger partial charge in [-0.3, -0.25) is 0 Å². The van der Waals surface area contributed by atoms with Gasteiger partial charge in [-0.1, -0.05) is 12.1 Å². The number of anilines is 1. The maximum absolute atomic E-state index is 8.82. The summed E-state index contributed by atoms with van der Waals surface area (Å²) >= 11 is 0. The van der Waals surface area contributed by atoms with Crippen LogP contribution in [0.2, 0.25) is 0 Å². The molecule has 1 saturated heterocycles. The lowest BCUT2D eigenvalue weighted by Crippen LogP contribution is -2.29. The topological polar surface area (TPSA) is 35.5 Å². The van der Waals surface area contributed by atoms with Crippen molar-refractivity contribution >= 4 is 5.69 Å². The number of piperidine rings is 1. The van der Waals surface area contributed by atoms with Crippen molar-refractivity contribution in [2.75, 3.05) is 24.6 Å². The van der Waals surface area contributed by atoms with Crippen LogP contribution in [-0.4, -0.2) is 30.8 Å². The average Bonchev–Trinajstić information content (AvgIpc) is 2.52. The third-order valence-electron chi connectivity index (χ3n) is 4.11. The van der Waals surface area contributed by atoms with Crippen molar-refractivity contribution in [1.29, 1.82) is 0 Å². The van der Waals surface area contributed by atoms with E-state index in [9.17, 15) is 0 Å². The SMILES string of the molecule is CC(CCCO)NCc1ccc(N2CCCCC2)cc1. The van der Waals surface area contributed by atoms with E-state index in [1.807, 2.05) is 0 Å². The van der Waals surface area contributed by atoms with Crippen LogP contribution in [0.3, 0.4) is 0 Å². The molecule has 1 aliphatic heterocycles. The molecule has 1 aromatic carbocycles. The molecule has 0 aromatic heterocycles. The fraction of sp³-hybridized carbons (Fsp3) is 0.647. The lowest BCUT2D eigenvalue weighted by Gasteiger charge is -2.29. The van der Waals surface area contributed by atoms with Crippen molar-refractivity contribution in [1.82, 2.24) is 5.32 Å². The summed E-state index contributed by atoms with van der Waals surface area (Å²) in [5.74, 6) is 0. The van der Waals surface area contributed by atoms with E-state index in [-0.39, 0.29) is 6.61 Å². The number of benzene rings is 1. The van der Waals surface area contributed by atoms with E-state index in [2.05, 4.69) is 41.4 Å². The van der Waals surface area contributed by atoms with Gasteiger partial charge >= 0.3 is 0 Å². The quantitative estimate of drug-likeness (QED) is 0.804. The van der Waals surface area contributed by atoms with Gasteiger partial charge in [0.2, 0.25) is 0 Å². The van der Waals surface area contributed by atoms with Crippen LogP contribution in [0.5, 0.6) is 0 Å². The molecule has 112 valence electrons. The summed E-state index contributed by atoms with van der Waals surface area (Å²) < 4.78 is 0. The van der Waals surface area contributed by atoms with Crippen LogP contribution in [0.1, 0.15) is 44.6 Å². The average molecular weight is 276 g/mol. The first-order valence-electron chi connectivity index (χ1n) is 7.98. The molecule has 1 fully saturated rings. The minimum atomic E-state index is 0.288. The molecule has 1 unspecified atom stereocenters. The Labute approximate surface area is 123 Å². The normalized spacial score (nSPS) is 17.2. The minimum absolute atomic E-state index is 0.288. The highest BCUT2D eigenvalue weighted by Crippen LogP contribution is 2.20. The molecule has 0 radical (unpaired) electrons. The van der Waals surface area contributed by atoms with E-state index in [1.54, 1.807) is 0 Å². The number of nitrogens with zero attached hydrogens (tertiary/aromatic N) is 1. The molecule has 0 saturated carbocycles. The second kappa shape index (κ2) is 8.28. The van der Waals surface area contributed by atoms with E-state index < -0.39 is 0 Å². The van der Waals surface area contributed by atoms with Gasteiger partial charge in [0.25, 0.3) is 0 Å². The van der Waals surface area contributed by atoms with Crippen LogP contribution < -0.4 is 10.2 Å². The Kier molecular flexibility index (Phi) is 6.34. The van der Waals surface area contributed by atoms with Gasteiger partial charge < -0.3 is 15.3 Å². The summed E-state index contributed by atoms with van der Waals surface area (Å²) in [6.45, 7) is 5.78. The Bertz CT molecular complexity index is 371. The Balaban J connectivity index is 1.79. The molecule has 3 nitrogen and oxygen atoms in total. The maximum Gasteiger partial charge on any atom is 0.0431 e. The zero-order valence-corrected chi connectivity index (χ0v) is 12.6. The van der Waals surface area contributed by atoms with E-state index in [4.69, 9.17) is 5.11 Å². The highest BCUT2D eigenvalue weighted by atomic mass is 16.2. The number of aliphatic hydroxyl groups excluding tert-OH is 1. The van der Waals surface area contributed by atoms with Crippen molar-refractivity contribution in [2.24, 2.45) is 0 Å². The van der Waals surface area contributed by atoms with Crippen LogP contribution in [-0.2, 0) is 6.54 Å². The third-order valence-corrected chi connectivity index (χ3v) is 4.11. The maximum atomic E-state index is 8.82. The molecule has 0 amide bonds. The first-order chi connectivity index (χ1) is 9.79. The van der Waals surface area contributed by atoms with Crippen LogP contribution in [0, 0.1) is 0 Å². The number of nitrogens with one attached hydrogen (secondary N) is 1. The number of rotatable bonds is 7. The molecule has 0 aliphatic carbocycles. The molecule has 0 bridgehead atoms. The van der Waals surface area contributed by atoms with E-state index in [0.717, 1.165) is 19.4 Å². The molecule has 2 N–H and O–H groups in total. The van der Waals surface area contributed by atoms with E-state index >= 15 is 0 Å². The molecular formula is C17H28N2O. The highest BCUT2D eigenvalue weighted by molar-refractivity contribution is 5.47. The number of hydrogen-bond donors (Lipinski definition) is 2. The highest BCUT2D eigenvalue weighted by Gasteiger charge is 2.10. The van der Waals surface area contributed by atoms with Gasteiger partial charge in [-0.25, -0.2) is 0 Å². The Morgan fingerprint density at radius 2 is 1.85 bits per heavy atom. The van der Waals surface area contributed by atoms with Gasteiger partial charge in [0.15, 0.2) is 0 Å². The van der Waals surface area contributed by atoms with Gasteiger partial charge in [-0.15, -0.1) is 0 Å². The predicted octanol–water partition coefficient (Wildman–Crippen LogP) is 2.93. The zero-order chi connectivity index (χ0) is 14.2. The lowest BCUT2D eigenvalue weighted by atomic mass is 10.1. The Hall–Kier alpha value is -1.06. The fourth-order valence-corrected chi connectivity index (χ4v) is 2.77. The van der Waals surface area contributed by atoms with Crippen LogP contribution >= 0.6 is 0 Å². The van der Waals surface area contributed by atoms with Crippen molar-refractivity contribution < 1.29 is 5.11 Å². The summed E-state index contributed by atoms with van der Waals surface area (Å²) in [6, 6.07) is 9.43. The Morgan fingerprint density at radius 3 is 2.50 bits per heavy atom. The summed E-state index contributed by atoms with van der Waals surface area (Å²) in [5, 5.41) is 12.3. The number of hydrogen-bond acceptors (Lipinski definition) is 3. The Morgan fingerprint density at radius 1 is 1.15 bits per heavy atom. The van der Waals surface area contributed by atoms with E-state index in [1.165, 1.54) is 43.6 Å². The standard InChI is InChI=1S/C17H28N2O/c1-15(6-5-13-20)18-14-16-7-9-17(10-8-16)19-11-3-2-4-12-19/h7-10,15,18,20H,2-6,11-14H2,1H3. The third kappa shape index (κ3) is 4.80. The van der Waals surface area contributed by atoms with Gasteiger partial charge in [0.1, 0.15) is 0 Å². The predicted molar refractivity (Wildman–Crippen MR) is 85.1 cm³/mol. The summed E-state index contributed by atoms with van der Waals surface area (Å²) in [5.41, 5.74) is 2.70. The van der Waals surface area contributed by atoms with Gasteiger partial charge in [-0.2, -0.15) is 0 Å². The van der Waals surface area contributed by atoms with Crippen molar-refractivity contribution in [2.45, 2.75) is 51.6 Å². The molecule has 3 heteroatoms. The van der Waals surface area contributed by atoms with Gasteiger partial charge in [0.05, 0.1) is 0 Å². The molecule has 0 spiro atoms. The molecule has 1 aromatic rings. The molecule has 1 heterocycles. The molecule has 2 rings (SSSR count). The second-order valence-electron chi connectivity index (χ2n) is 5.86. The lowest BCUT2D eigenvalue weighted by molar-refractivity contribution is 0.276. The fourth-order valence-electron chi connectivity index (χ4n) is 2.77. The molecular weight excluding hydrogens is 248 g/mol. The van der Waals surface area contributed by atoms with Gasteiger partial charge in [0, 0.05) is 38.0 Å². The van der Waals surface area contributed by atoms with Crippen molar-refractivity contribution in [3.05, 3.63) is 29.8 Å². The summed E-state index contributed by atoms with van der Waals surface area (Å²) in [4.78, 5) is 2.49. The largest absolute Gasteiger partial charge is 0.396 e. The first-order valence-corrected chi connectivity index (χ1v) is 7.98. The minimum Gasteiger partial charge on any atom is -0.396 e. The second-order valence-corrected chi connectivity index (χ2v) is 5.86. The summed E-state index contributed by atoms with van der Waals surface area (Å²) in [6.07, 6.45) is 5.94. The van der Waals surface area contributed by atoms with Crippen molar-refractivity contribution in [3.8, 4) is 0 Å². The van der Waals surface area contributed by atoms with Crippen LogP contribution in [0.4, 0.5) is 5.69 Å². The first kappa shape index (κ1) is 15.3. The monoisotopic (exact) mass is 276 g/mol. The van der Waals surface area contributed by atoms with Crippen LogP contribution in [0.15, 0.2) is 24.3 Å². The smallest absolute Gasteiger partial charge is 0.0431 e.